The smallest absolute Gasteiger partial charge is 0.233 e. The summed E-state index contributed by atoms with van der Waals surface area (Å²) in [6, 6.07) is 11.5. The van der Waals surface area contributed by atoms with Gasteiger partial charge in [0, 0.05) is 31.7 Å². The molecule has 0 spiro atoms. The Balaban J connectivity index is 1.76. The maximum Gasteiger partial charge on any atom is 0.233 e. The summed E-state index contributed by atoms with van der Waals surface area (Å²) in [5.41, 5.74) is 8.22. The molecule has 21 heavy (non-hydrogen) atoms. The molecule has 0 atom stereocenters. The van der Waals surface area contributed by atoms with Crippen molar-refractivity contribution in [3.05, 3.63) is 59.9 Å². The number of aromatic nitrogens is 1. The minimum atomic E-state index is -0.343. The molecule has 2 aromatic rings. The lowest BCUT2D eigenvalue weighted by atomic mass is 9.94. The highest BCUT2D eigenvalue weighted by atomic mass is 16.2. The Morgan fingerprint density at radius 3 is 2.57 bits per heavy atom. The van der Waals surface area contributed by atoms with Crippen LogP contribution < -0.4 is 5.73 Å². The van der Waals surface area contributed by atoms with E-state index in [1.54, 1.807) is 17.3 Å². The zero-order chi connectivity index (χ0) is 14.9. The molecule has 0 unspecified atom stereocenters. The number of hydrogen-bond donors (Lipinski definition) is 1. The first-order valence-corrected chi connectivity index (χ1v) is 7.12. The van der Waals surface area contributed by atoms with Crippen molar-refractivity contribution < 1.29 is 4.79 Å². The zero-order valence-corrected chi connectivity index (χ0v) is 12.1. The second kappa shape index (κ2) is 5.20. The predicted molar refractivity (Wildman–Crippen MR) is 82.5 cm³/mol. The molecule has 0 radical (unpaired) electrons. The second-order valence-electron chi connectivity index (χ2n) is 5.73. The minimum Gasteiger partial charge on any atom is -0.399 e. The summed E-state index contributed by atoms with van der Waals surface area (Å²) in [5.74, 6) is 0.177. The maximum atomic E-state index is 12.8. The van der Waals surface area contributed by atoms with Gasteiger partial charge in [0.25, 0.3) is 0 Å². The molecule has 0 aliphatic heterocycles. The highest BCUT2D eigenvalue weighted by molar-refractivity contribution is 5.91. The fourth-order valence-corrected chi connectivity index (χ4v) is 2.76. The number of rotatable bonds is 4. The van der Waals surface area contributed by atoms with Gasteiger partial charge in [0.2, 0.25) is 5.91 Å². The lowest BCUT2D eigenvalue weighted by molar-refractivity contribution is -0.133. The Labute approximate surface area is 124 Å². The number of nitrogens with two attached hydrogens (primary N) is 1. The van der Waals surface area contributed by atoms with Crippen molar-refractivity contribution in [2.45, 2.75) is 24.8 Å². The van der Waals surface area contributed by atoms with Gasteiger partial charge in [-0.05, 0) is 42.2 Å². The molecule has 0 saturated heterocycles. The van der Waals surface area contributed by atoms with E-state index in [0.717, 1.165) is 29.7 Å². The Kier molecular flexibility index (Phi) is 3.37. The lowest BCUT2D eigenvalue weighted by Crippen LogP contribution is -2.36. The largest absolute Gasteiger partial charge is 0.399 e. The third-order valence-corrected chi connectivity index (χ3v) is 4.11. The normalized spacial score (nSPS) is 15.5. The Hall–Kier alpha value is -2.36. The Morgan fingerprint density at radius 2 is 2.00 bits per heavy atom. The first-order chi connectivity index (χ1) is 10.1. The highest BCUT2D eigenvalue weighted by Crippen LogP contribution is 2.49. The van der Waals surface area contributed by atoms with E-state index in [-0.39, 0.29) is 11.3 Å². The standard InChI is InChI=1S/C17H19N3O/c1-20(12-13-3-2-10-19-11-13)16(21)17(8-9-17)14-4-6-15(18)7-5-14/h2-7,10-11H,8-9,12,18H2,1H3. The van der Waals surface area contributed by atoms with Crippen molar-refractivity contribution in [1.82, 2.24) is 9.88 Å². The van der Waals surface area contributed by atoms with Crippen LogP contribution in [0.25, 0.3) is 0 Å². The van der Waals surface area contributed by atoms with Crippen molar-refractivity contribution in [3.8, 4) is 0 Å². The predicted octanol–water partition coefficient (Wildman–Crippen LogP) is 2.35. The van der Waals surface area contributed by atoms with Crippen LogP contribution in [0.2, 0.25) is 0 Å². The zero-order valence-electron chi connectivity index (χ0n) is 12.1. The van der Waals surface area contributed by atoms with E-state index in [2.05, 4.69) is 4.98 Å². The van der Waals surface area contributed by atoms with E-state index in [9.17, 15) is 4.79 Å². The maximum absolute atomic E-state index is 12.8. The van der Waals surface area contributed by atoms with Crippen LogP contribution in [0, 0.1) is 0 Å². The van der Waals surface area contributed by atoms with Crippen LogP contribution in [0.3, 0.4) is 0 Å². The fourth-order valence-electron chi connectivity index (χ4n) is 2.76. The van der Waals surface area contributed by atoms with Gasteiger partial charge in [-0.25, -0.2) is 0 Å². The quantitative estimate of drug-likeness (QED) is 0.875. The van der Waals surface area contributed by atoms with Gasteiger partial charge in [0.15, 0.2) is 0 Å². The first kappa shape index (κ1) is 13.6. The average Bonchev–Trinajstić information content (AvgIpc) is 3.30. The Bertz CT molecular complexity index is 633. The molecular weight excluding hydrogens is 262 g/mol. The molecule has 4 heteroatoms. The summed E-state index contributed by atoms with van der Waals surface area (Å²) in [7, 11) is 1.85. The third kappa shape index (κ3) is 2.61. The van der Waals surface area contributed by atoms with Gasteiger partial charge >= 0.3 is 0 Å². The molecule has 1 aromatic carbocycles. The highest BCUT2D eigenvalue weighted by Gasteiger charge is 2.52. The number of nitrogens with zero attached hydrogens (tertiary/aromatic N) is 2. The van der Waals surface area contributed by atoms with Gasteiger partial charge in [0.1, 0.15) is 0 Å². The molecule has 1 amide bonds. The molecule has 1 aliphatic carbocycles. The molecule has 1 heterocycles. The monoisotopic (exact) mass is 281 g/mol. The number of pyridine rings is 1. The molecule has 108 valence electrons. The van der Waals surface area contributed by atoms with Crippen LogP contribution in [-0.4, -0.2) is 22.8 Å². The molecule has 1 fully saturated rings. The number of anilines is 1. The van der Waals surface area contributed by atoms with Crippen LogP contribution in [0.4, 0.5) is 5.69 Å². The molecule has 0 bridgehead atoms. The summed E-state index contributed by atoms with van der Waals surface area (Å²) in [4.78, 5) is 18.7. The third-order valence-electron chi connectivity index (χ3n) is 4.11. The van der Waals surface area contributed by atoms with Gasteiger partial charge in [-0.15, -0.1) is 0 Å². The van der Waals surface area contributed by atoms with E-state index in [1.807, 2.05) is 43.4 Å². The second-order valence-corrected chi connectivity index (χ2v) is 5.73. The number of carbonyl (C=O) groups excluding carboxylic acids is 1. The molecule has 4 nitrogen and oxygen atoms in total. The number of benzene rings is 1. The van der Waals surface area contributed by atoms with Crippen molar-refractivity contribution in [3.63, 3.8) is 0 Å². The van der Waals surface area contributed by atoms with Gasteiger partial charge in [-0.3, -0.25) is 9.78 Å². The van der Waals surface area contributed by atoms with E-state index in [0.29, 0.717) is 6.54 Å². The average molecular weight is 281 g/mol. The van der Waals surface area contributed by atoms with E-state index < -0.39 is 0 Å². The lowest BCUT2D eigenvalue weighted by Gasteiger charge is -2.24. The van der Waals surface area contributed by atoms with Crippen LogP contribution in [0.5, 0.6) is 0 Å². The topological polar surface area (TPSA) is 59.2 Å². The summed E-state index contributed by atoms with van der Waals surface area (Å²) in [5, 5.41) is 0. The number of carbonyl (C=O) groups is 1. The van der Waals surface area contributed by atoms with Gasteiger partial charge in [0.05, 0.1) is 5.41 Å². The van der Waals surface area contributed by atoms with Crippen LogP contribution >= 0.6 is 0 Å². The summed E-state index contributed by atoms with van der Waals surface area (Å²) >= 11 is 0. The van der Waals surface area contributed by atoms with Crippen LogP contribution in [0.15, 0.2) is 48.8 Å². The number of amides is 1. The van der Waals surface area contributed by atoms with Crippen molar-refractivity contribution in [1.29, 1.82) is 0 Å². The van der Waals surface area contributed by atoms with Crippen molar-refractivity contribution in [2.24, 2.45) is 0 Å². The van der Waals surface area contributed by atoms with Gasteiger partial charge < -0.3 is 10.6 Å². The SMILES string of the molecule is CN(Cc1cccnc1)C(=O)C1(c2ccc(N)cc2)CC1. The number of likely N-dealkylation sites (N-methyl/N-ethyl adjacent to an activating group) is 1. The molecule has 1 aliphatic rings. The van der Waals surface area contributed by atoms with Crippen LogP contribution in [-0.2, 0) is 16.8 Å². The molecular formula is C17H19N3O. The van der Waals surface area contributed by atoms with Crippen molar-refractivity contribution in [2.75, 3.05) is 12.8 Å². The van der Waals surface area contributed by atoms with E-state index in [4.69, 9.17) is 5.73 Å². The Morgan fingerprint density at radius 1 is 1.29 bits per heavy atom. The summed E-state index contributed by atoms with van der Waals surface area (Å²) in [6.45, 7) is 0.587. The van der Waals surface area contributed by atoms with Crippen molar-refractivity contribution >= 4 is 11.6 Å². The summed E-state index contributed by atoms with van der Waals surface area (Å²) < 4.78 is 0. The summed E-state index contributed by atoms with van der Waals surface area (Å²) in [6.07, 6.45) is 5.36. The van der Waals surface area contributed by atoms with Gasteiger partial charge in [-0.1, -0.05) is 18.2 Å². The fraction of sp³-hybridized carbons (Fsp3) is 0.294. The first-order valence-electron chi connectivity index (χ1n) is 7.12. The molecule has 1 aromatic heterocycles. The van der Waals surface area contributed by atoms with E-state index in [1.165, 1.54) is 0 Å². The van der Waals surface area contributed by atoms with E-state index >= 15 is 0 Å². The number of nitrogen functional groups attached to an aromatic ring is 1. The van der Waals surface area contributed by atoms with Gasteiger partial charge in [-0.2, -0.15) is 0 Å². The number of hydrogen-bond acceptors (Lipinski definition) is 3. The molecule has 1 saturated carbocycles. The molecule has 3 rings (SSSR count). The molecule has 2 N–H and O–H groups in total. The minimum absolute atomic E-state index is 0.177. The van der Waals surface area contributed by atoms with Crippen LogP contribution in [0.1, 0.15) is 24.0 Å².